The number of aromatic nitrogens is 2. The Morgan fingerprint density at radius 3 is 2.47 bits per heavy atom. The molecular formula is C6H10N4O4S. The molecule has 1 heterocycles. The molecule has 3 N–H and O–H groups in total. The summed E-state index contributed by atoms with van der Waals surface area (Å²) >= 11 is 0. The lowest BCUT2D eigenvalue weighted by atomic mass is 10.6. The van der Waals surface area contributed by atoms with Crippen molar-refractivity contribution in [3.63, 3.8) is 0 Å². The minimum atomic E-state index is -3.88. The number of nitrogens with zero attached hydrogens (tertiary/aromatic N) is 2. The first-order chi connectivity index (χ1) is 6.94. The van der Waals surface area contributed by atoms with Gasteiger partial charge in [0, 0.05) is 6.07 Å². The van der Waals surface area contributed by atoms with E-state index in [-0.39, 0.29) is 17.7 Å². The van der Waals surface area contributed by atoms with Crippen molar-refractivity contribution in [3.05, 3.63) is 6.07 Å². The number of nitrogens with two attached hydrogens (primary N) is 1. The summed E-state index contributed by atoms with van der Waals surface area (Å²) < 4.78 is 33.0. The molecule has 0 radical (unpaired) electrons. The van der Waals surface area contributed by atoms with Crippen LogP contribution >= 0.6 is 0 Å². The number of anilines is 1. The first-order valence-corrected chi connectivity index (χ1v) is 5.27. The van der Waals surface area contributed by atoms with Gasteiger partial charge < -0.3 is 9.47 Å². The van der Waals surface area contributed by atoms with E-state index in [9.17, 15) is 8.42 Å². The molecule has 1 rings (SSSR count). The van der Waals surface area contributed by atoms with E-state index in [4.69, 9.17) is 14.6 Å². The van der Waals surface area contributed by atoms with Crippen LogP contribution in [0, 0.1) is 0 Å². The van der Waals surface area contributed by atoms with Crippen LogP contribution in [0.4, 0.5) is 5.82 Å². The topological polar surface area (TPSA) is 116 Å². The van der Waals surface area contributed by atoms with Crippen LogP contribution < -0.4 is 19.3 Å². The van der Waals surface area contributed by atoms with Crippen molar-refractivity contribution in [2.24, 2.45) is 5.14 Å². The second kappa shape index (κ2) is 4.28. The number of ether oxygens (including phenoxy) is 2. The lowest BCUT2D eigenvalue weighted by Gasteiger charge is -2.06. The smallest absolute Gasteiger partial charge is 0.321 e. The van der Waals surface area contributed by atoms with Gasteiger partial charge in [-0.3, -0.25) is 4.72 Å². The predicted octanol–water partition coefficient (Wildman–Crippen LogP) is -0.891. The maximum absolute atomic E-state index is 10.7. The number of hydrogen-bond acceptors (Lipinski definition) is 6. The summed E-state index contributed by atoms with van der Waals surface area (Å²) in [6.45, 7) is 0. The molecule has 8 nitrogen and oxygen atoms in total. The summed E-state index contributed by atoms with van der Waals surface area (Å²) in [6.07, 6.45) is 0. The molecule has 0 unspecified atom stereocenters. The molecule has 0 aliphatic heterocycles. The van der Waals surface area contributed by atoms with Gasteiger partial charge in [0.05, 0.1) is 14.2 Å². The predicted molar refractivity (Wildman–Crippen MR) is 51.9 cm³/mol. The molecule has 0 aliphatic carbocycles. The minimum Gasteiger partial charge on any atom is -0.481 e. The zero-order valence-corrected chi connectivity index (χ0v) is 8.91. The molecule has 0 amide bonds. The van der Waals surface area contributed by atoms with Gasteiger partial charge in [0.15, 0.2) is 5.82 Å². The first kappa shape index (κ1) is 11.5. The Bertz CT molecular complexity index is 424. The molecule has 0 bridgehead atoms. The number of rotatable bonds is 4. The van der Waals surface area contributed by atoms with Crippen LogP contribution in [0.3, 0.4) is 0 Å². The van der Waals surface area contributed by atoms with Crippen molar-refractivity contribution < 1.29 is 17.9 Å². The lowest BCUT2D eigenvalue weighted by Crippen LogP contribution is -2.22. The zero-order chi connectivity index (χ0) is 11.5. The van der Waals surface area contributed by atoms with Gasteiger partial charge in [0.25, 0.3) is 10.2 Å². The standard InChI is InChI=1S/C6H10N4O4S/c1-13-5-3-4(10-15(7,11)12)8-6(9-5)14-2/h3H,1-2H3,(H2,7,11,12)(H,8,9,10). The Hall–Kier alpha value is -1.61. The molecule has 0 saturated carbocycles. The Kier molecular flexibility index (Phi) is 3.27. The van der Waals surface area contributed by atoms with Crippen LogP contribution in [-0.4, -0.2) is 32.6 Å². The van der Waals surface area contributed by atoms with E-state index >= 15 is 0 Å². The van der Waals surface area contributed by atoms with E-state index in [0.29, 0.717) is 0 Å². The van der Waals surface area contributed by atoms with Gasteiger partial charge in [-0.05, 0) is 0 Å². The van der Waals surface area contributed by atoms with Gasteiger partial charge in [0.1, 0.15) is 0 Å². The largest absolute Gasteiger partial charge is 0.481 e. The van der Waals surface area contributed by atoms with Gasteiger partial charge in [-0.2, -0.15) is 18.4 Å². The van der Waals surface area contributed by atoms with Crippen molar-refractivity contribution >= 4 is 16.0 Å². The molecule has 1 aromatic heterocycles. The molecule has 0 atom stereocenters. The van der Waals surface area contributed by atoms with E-state index in [2.05, 4.69) is 9.97 Å². The highest BCUT2D eigenvalue weighted by molar-refractivity contribution is 7.90. The Labute approximate surface area is 86.6 Å². The van der Waals surface area contributed by atoms with Crippen molar-refractivity contribution in [1.82, 2.24) is 9.97 Å². The normalized spacial score (nSPS) is 10.9. The van der Waals surface area contributed by atoms with E-state index in [1.165, 1.54) is 20.3 Å². The molecule has 9 heteroatoms. The van der Waals surface area contributed by atoms with Crippen molar-refractivity contribution in [3.8, 4) is 11.9 Å². The van der Waals surface area contributed by atoms with Crippen LogP contribution in [0.15, 0.2) is 6.07 Å². The lowest BCUT2D eigenvalue weighted by molar-refractivity contribution is 0.353. The maximum atomic E-state index is 10.7. The van der Waals surface area contributed by atoms with Gasteiger partial charge >= 0.3 is 6.01 Å². The minimum absolute atomic E-state index is 0.0267. The Balaban J connectivity index is 3.07. The van der Waals surface area contributed by atoms with E-state index in [0.717, 1.165) is 0 Å². The van der Waals surface area contributed by atoms with Crippen LogP contribution in [0.2, 0.25) is 0 Å². The average molecular weight is 234 g/mol. The summed E-state index contributed by atoms with van der Waals surface area (Å²) in [7, 11) is -1.16. The monoisotopic (exact) mass is 234 g/mol. The highest BCUT2D eigenvalue weighted by Gasteiger charge is 2.08. The maximum Gasteiger partial charge on any atom is 0.321 e. The summed E-state index contributed by atoms with van der Waals surface area (Å²) in [5, 5.41) is 4.77. The molecule has 15 heavy (non-hydrogen) atoms. The number of methoxy groups -OCH3 is 2. The van der Waals surface area contributed by atoms with Gasteiger partial charge in [-0.15, -0.1) is 0 Å². The van der Waals surface area contributed by atoms with Crippen LogP contribution in [0.5, 0.6) is 11.9 Å². The highest BCUT2D eigenvalue weighted by atomic mass is 32.2. The number of hydrogen-bond donors (Lipinski definition) is 2. The van der Waals surface area contributed by atoms with Crippen LogP contribution in [0.1, 0.15) is 0 Å². The fraction of sp³-hybridized carbons (Fsp3) is 0.333. The van der Waals surface area contributed by atoms with E-state index < -0.39 is 10.2 Å². The van der Waals surface area contributed by atoms with Gasteiger partial charge in [0.2, 0.25) is 5.88 Å². The molecule has 0 saturated heterocycles. The van der Waals surface area contributed by atoms with Crippen LogP contribution in [0.25, 0.3) is 0 Å². The number of nitrogens with one attached hydrogen (secondary N) is 1. The molecule has 0 spiro atoms. The summed E-state index contributed by atoms with van der Waals surface area (Å²) in [5.41, 5.74) is 0. The second-order valence-corrected chi connectivity index (χ2v) is 3.72. The third-order valence-corrected chi connectivity index (χ3v) is 1.81. The summed E-state index contributed by atoms with van der Waals surface area (Å²) in [6, 6.07) is 1.24. The first-order valence-electron chi connectivity index (χ1n) is 3.72. The highest BCUT2D eigenvalue weighted by Crippen LogP contribution is 2.17. The third-order valence-electron chi connectivity index (χ3n) is 1.32. The summed E-state index contributed by atoms with van der Waals surface area (Å²) in [4.78, 5) is 7.47. The Morgan fingerprint density at radius 1 is 1.33 bits per heavy atom. The third kappa shape index (κ3) is 3.56. The molecule has 1 aromatic rings. The molecular weight excluding hydrogens is 224 g/mol. The fourth-order valence-corrected chi connectivity index (χ4v) is 1.19. The fourth-order valence-electron chi connectivity index (χ4n) is 0.798. The zero-order valence-electron chi connectivity index (χ0n) is 8.09. The Morgan fingerprint density at radius 2 is 2.00 bits per heavy atom. The molecule has 84 valence electrons. The summed E-state index contributed by atoms with van der Waals surface area (Å²) in [5.74, 6) is 0.134. The second-order valence-electron chi connectivity index (χ2n) is 2.43. The molecule has 0 aliphatic rings. The molecule has 0 fully saturated rings. The van der Waals surface area contributed by atoms with Crippen LogP contribution in [-0.2, 0) is 10.2 Å². The average Bonchev–Trinajstić information content (AvgIpc) is 2.14. The van der Waals surface area contributed by atoms with Gasteiger partial charge in [-0.1, -0.05) is 0 Å². The SMILES string of the molecule is COc1cc(NS(N)(=O)=O)nc(OC)n1. The van der Waals surface area contributed by atoms with Crippen molar-refractivity contribution in [1.29, 1.82) is 0 Å². The molecule has 0 aromatic carbocycles. The van der Waals surface area contributed by atoms with Crippen molar-refractivity contribution in [2.45, 2.75) is 0 Å². The van der Waals surface area contributed by atoms with Gasteiger partial charge in [-0.25, -0.2) is 5.14 Å². The van der Waals surface area contributed by atoms with E-state index in [1.807, 2.05) is 4.72 Å². The van der Waals surface area contributed by atoms with Crippen molar-refractivity contribution in [2.75, 3.05) is 18.9 Å². The quantitative estimate of drug-likeness (QED) is 0.698. The van der Waals surface area contributed by atoms with E-state index in [1.54, 1.807) is 0 Å².